The Morgan fingerprint density at radius 2 is 1.83 bits per heavy atom. The molecule has 0 bridgehead atoms. The molecule has 0 spiro atoms. The lowest BCUT2D eigenvalue weighted by atomic mass is 10.0. The van der Waals surface area contributed by atoms with Crippen LogP contribution in [-0.4, -0.2) is 19.0 Å². The van der Waals surface area contributed by atoms with Gasteiger partial charge in [-0.1, -0.05) is 36.4 Å². The first-order valence-corrected chi connectivity index (χ1v) is 7.61. The summed E-state index contributed by atoms with van der Waals surface area (Å²) >= 11 is 0. The van der Waals surface area contributed by atoms with Gasteiger partial charge in [0.1, 0.15) is 11.6 Å². The van der Waals surface area contributed by atoms with Crippen molar-refractivity contribution < 1.29 is 14.3 Å². The fraction of sp³-hybridized carbons (Fsp3) is 0.200. The van der Waals surface area contributed by atoms with Crippen LogP contribution >= 0.6 is 0 Å². The molecule has 0 saturated carbocycles. The average Bonchev–Trinajstić information content (AvgIpc) is 2.60. The van der Waals surface area contributed by atoms with Crippen molar-refractivity contribution >= 4 is 11.9 Å². The maximum absolute atomic E-state index is 12.4. The number of hydrogen-bond donors (Lipinski definition) is 0. The second-order valence-corrected chi connectivity index (χ2v) is 5.44. The topological polar surface area (TPSA) is 59.3 Å². The smallest absolute Gasteiger partial charge is 0.203 e. The van der Waals surface area contributed by atoms with Crippen LogP contribution in [-0.2, 0) is 0 Å². The molecule has 2 aromatic rings. The lowest BCUT2D eigenvalue weighted by Crippen LogP contribution is -2.06. The lowest BCUT2D eigenvalue weighted by Gasteiger charge is -2.13. The normalized spacial score (nSPS) is 11.0. The molecule has 0 N–H and O–H groups in total. The van der Waals surface area contributed by atoms with E-state index in [1.165, 1.54) is 0 Å². The third-order valence-corrected chi connectivity index (χ3v) is 3.26. The monoisotopic (exact) mass is 321 g/mol. The van der Waals surface area contributed by atoms with E-state index in [2.05, 4.69) is 0 Å². The summed E-state index contributed by atoms with van der Waals surface area (Å²) in [5.41, 5.74) is 1.25. The number of ketones is 1. The van der Waals surface area contributed by atoms with E-state index in [4.69, 9.17) is 9.47 Å². The van der Waals surface area contributed by atoms with Crippen molar-refractivity contribution in [2.75, 3.05) is 7.11 Å². The van der Waals surface area contributed by atoms with Gasteiger partial charge in [0, 0.05) is 5.56 Å². The summed E-state index contributed by atoms with van der Waals surface area (Å²) in [6.45, 7) is 3.86. The van der Waals surface area contributed by atoms with Gasteiger partial charge in [0.05, 0.1) is 13.2 Å². The minimum Gasteiger partial charge on any atom is -0.493 e. The quantitative estimate of drug-likeness (QED) is 0.453. The van der Waals surface area contributed by atoms with Crippen LogP contribution in [0.1, 0.15) is 29.8 Å². The summed E-state index contributed by atoms with van der Waals surface area (Å²) in [7, 11) is 1.55. The number of Topliss-reactive ketones (excluding diaryl/α,β-unsaturated/α-hetero) is 1. The maximum Gasteiger partial charge on any atom is 0.203 e. The minimum absolute atomic E-state index is 0.0228. The van der Waals surface area contributed by atoms with Gasteiger partial charge in [0.2, 0.25) is 5.78 Å². The maximum atomic E-state index is 12.4. The van der Waals surface area contributed by atoms with Crippen molar-refractivity contribution in [2.24, 2.45) is 0 Å². The molecule has 2 aromatic carbocycles. The Bertz CT molecular complexity index is 786. The van der Waals surface area contributed by atoms with Crippen LogP contribution in [0.4, 0.5) is 0 Å². The van der Waals surface area contributed by atoms with Gasteiger partial charge in [-0.2, -0.15) is 5.26 Å². The van der Waals surface area contributed by atoms with Crippen LogP contribution in [0.15, 0.2) is 54.1 Å². The predicted octanol–water partition coefficient (Wildman–Crippen LogP) is 4.27. The van der Waals surface area contributed by atoms with Gasteiger partial charge >= 0.3 is 0 Å². The predicted molar refractivity (Wildman–Crippen MR) is 93.1 cm³/mol. The first-order valence-electron chi connectivity index (χ1n) is 7.61. The van der Waals surface area contributed by atoms with Crippen molar-refractivity contribution in [3.8, 4) is 17.6 Å². The summed E-state index contributed by atoms with van der Waals surface area (Å²) in [4.78, 5) is 12.4. The van der Waals surface area contributed by atoms with Crippen LogP contribution in [0.3, 0.4) is 0 Å². The van der Waals surface area contributed by atoms with E-state index in [9.17, 15) is 10.1 Å². The van der Waals surface area contributed by atoms with Gasteiger partial charge in [0.15, 0.2) is 11.5 Å². The molecule has 4 nitrogen and oxygen atoms in total. The van der Waals surface area contributed by atoms with Gasteiger partial charge in [-0.15, -0.1) is 0 Å². The summed E-state index contributed by atoms with van der Waals surface area (Å²) < 4.78 is 11.0. The molecule has 0 fully saturated rings. The fourth-order valence-corrected chi connectivity index (χ4v) is 2.19. The number of nitrogens with zero attached hydrogens (tertiary/aromatic N) is 1. The number of rotatable bonds is 6. The number of nitriles is 1. The second kappa shape index (κ2) is 7.98. The van der Waals surface area contributed by atoms with Crippen LogP contribution in [0.2, 0.25) is 0 Å². The largest absolute Gasteiger partial charge is 0.493 e. The molecule has 24 heavy (non-hydrogen) atoms. The highest BCUT2D eigenvalue weighted by molar-refractivity contribution is 6.14. The summed E-state index contributed by atoms with van der Waals surface area (Å²) in [6, 6.07) is 16.0. The fourth-order valence-electron chi connectivity index (χ4n) is 2.19. The summed E-state index contributed by atoms with van der Waals surface area (Å²) in [6.07, 6.45) is 1.58. The minimum atomic E-state index is -0.306. The summed E-state index contributed by atoms with van der Waals surface area (Å²) in [5, 5.41) is 9.32. The van der Waals surface area contributed by atoms with Crippen LogP contribution < -0.4 is 9.47 Å². The highest BCUT2D eigenvalue weighted by Crippen LogP contribution is 2.30. The molecular formula is C20H19NO3. The molecule has 0 heterocycles. The number of ether oxygens (including phenoxy) is 2. The number of allylic oxidation sites excluding steroid dienone is 1. The average molecular weight is 321 g/mol. The van der Waals surface area contributed by atoms with Crippen molar-refractivity contribution in [1.29, 1.82) is 5.26 Å². The van der Waals surface area contributed by atoms with Crippen molar-refractivity contribution in [3.63, 3.8) is 0 Å². The van der Waals surface area contributed by atoms with E-state index < -0.39 is 0 Å². The Labute approximate surface area is 141 Å². The summed E-state index contributed by atoms with van der Waals surface area (Å²) in [5.74, 6) is 0.874. The van der Waals surface area contributed by atoms with E-state index >= 15 is 0 Å². The van der Waals surface area contributed by atoms with E-state index in [0.29, 0.717) is 22.6 Å². The molecule has 0 amide bonds. The standard InChI is InChI=1S/C20H19NO3/c1-14(2)24-18-10-9-15(12-19(18)23-3)11-17(13-21)20(22)16-7-5-4-6-8-16/h4-12,14H,1-3H3. The Hall–Kier alpha value is -3.06. The van der Waals surface area contributed by atoms with E-state index in [0.717, 1.165) is 0 Å². The molecule has 2 rings (SSSR count). The molecule has 0 aliphatic carbocycles. The van der Waals surface area contributed by atoms with Crippen LogP contribution in [0.25, 0.3) is 6.08 Å². The SMILES string of the molecule is COc1cc(C=C(C#N)C(=O)c2ccccc2)ccc1OC(C)C. The molecule has 0 atom stereocenters. The highest BCUT2D eigenvalue weighted by atomic mass is 16.5. The molecule has 0 radical (unpaired) electrons. The second-order valence-electron chi connectivity index (χ2n) is 5.44. The number of carbonyl (C=O) groups excluding carboxylic acids is 1. The zero-order valence-corrected chi connectivity index (χ0v) is 13.9. The van der Waals surface area contributed by atoms with Gasteiger partial charge < -0.3 is 9.47 Å². The first kappa shape index (κ1) is 17.3. The molecular weight excluding hydrogens is 302 g/mol. The molecule has 0 unspecified atom stereocenters. The van der Waals surface area contributed by atoms with Crippen LogP contribution in [0, 0.1) is 11.3 Å². The molecule has 122 valence electrons. The zero-order valence-electron chi connectivity index (χ0n) is 13.9. The number of methoxy groups -OCH3 is 1. The molecule has 0 saturated heterocycles. The Kier molecular flexibility index (Phi) is 5.75. The van der Waals surface area contributed by atoms with Gasteiger partial charge in [-0.25, -0.2) is 0 Å². The highest BCUT2D eigenvalue weighted by Gasteiger charge is 2.13. The van der Waals surface area contributed by atoms with E-state index in [1.54, 1.807) is 55.7 Å². The molecule has 4 heteroatoms. The number of hydrogen-bond acceptors (Lipinski definition) is 4. The Morgan fingerprint density at radius 3 is 2.42 bits per heavy atom. The van der Waals surface area contributed by atoms with Crippen molar-refractivity contribution in [1.82, 2.24) is 0 Å². The van der Waals surface area contributed by atoms with E-state index in [-0.39, 0.29) is 17.5 Å². The van der Waals surface area contributed by atoms with Gasteiger partial charge in [0.25, 0.3) is 0 Å². The number of carbonyl (C=O) groups is 1. The lowest BCUT2D eigenvalue weighted by molar-refractivity contribution is 0.104. The van der Waals surface area contributed by atoms with Crippen molar-refractivity contribution in [3.05, 3.63) is 65.2 Å². The van der Waals surface area contributed by atoms with Gasteiger partial charge in [-0.05, 0) is 37.6 Å². The third-order valence-electron chi connectivity index (χ3n) is 3.26. The Morgan fingerprint density at radius 1 is 1.12 bits per heavy atom. The third kappa shape index (κ3) is 4.23. The molecule has 0 aliphatic heterocycles. The van der Waals surface area contributed by atoms with Crippen molar-refractivity contribution in [2.45, 2.75) is 20.0 Å². The zero-order chi connectivity index (χ0) is 17.5. The van der Waals surface area contributed by atoms with Crippen LogP contribution in [0.5, 0.6) is 11.5 Å². The van der Waals surface area contributed by atoms with E-state index in [1.807, 2.05) is 26.0 Å². The number of benzene rings is 2. The molecule has 0 aliphatic rings. The van der Waals surface area contributed by atoms with Gasteiger partial charge in [-0.3, -0.25) is 4.79 Å². The Balaban J connectivity index is 2.34. The molecule has 0 aromatic heterocycles. The first-order chi connectivity index (χ1) is 11.5.